The van der Waals surface area contributed by atoms with Crippen LogP contribution in [0.1, 0.15) is 47.2 Å². The fraction of sp³-hybridized carbons (Fsp3) is 0.286. The van der Waals surface area contributed by atoms with Crippen molar-refractivity contribution in [3.05, 3.63) is 70.8 Å². The van der Waals surface area contributed by atoms with E-state index in [2.05, 4.69) is 12.1 Å². The number of carbonyl (C=O) groups is 1. The Hall–Kier alpha value is -2.35. The van der Waals surface area contributed by atoms with E-state index in [0.29, 0.717) is 5.92 Å². The average Bonchev–Trinajstić information content (AvgIpc) is 3.21. The van der Waals surface area contributed by atoms with Crippen LogP contribution in [-0.2, 0) is 0 Å². The number of ether oxygens (including phenoxy) is 1. The van der Waals surface area contributed by atoms with Gasteiger partial charge in [-0.2, -0.15) is 0 Å². The minimum atomic E-state index is 0.216. The van der Waals surface area contributed by atoms with E-state index in [4.69, 9.17) is 4.74 Å². The van der Waals surface area contributed by atoms with Gasteiger partial charge in [0.1, 0.15) is 5.75 Å². The third-order valence-electron chi connectivity index (χ3n) is 5.08. The fourth-order valence-corrected chi connectivity index (χ4v) is 3.98. The van der Waals surface area contributed by atoms with Crippen molar-refractivity contribution in [2.75, 3.05) is 7.11 Å². The summed E-state index contributed by atoms with van der Waals surface area (Å²) in [7, 11) is 1.67. The second-order valence-corrected chi connectivity index (χ2v) is 6.38. The molecule has 2 aromatic carbocycles. The molecule has 1 fully saturated rings. The van der Waals surface area contributed by atoms with Crippen molar-refractivity contribution in [1.29, 1.82) is 0 Å². The maximum absolute atomic E-state index is 13.1. The number of hydrogen-bond donors (Lipinski definition) is 0. The van der Waals surface area contributed by atoms with Crippen LogP contribution >= 0.6 is 0 Å². The number of carbonyl (C=O) groups excluding carboxylic acids is 1. The highest BCUT2D eigenvalue weighted by atomic mass is 16.5. The lowest BCUT2D eigenvalue weighted by Crippen LogP contribution is -2.08. The number of allylic oxidation sites excluding steroid dienone is 1. The molecule has 4 rings (SSSR count). The third kappa shape index (κ3) is 2.29. The zero-order valence-corrected chi connectivity index (χ0v) is 13.3. The van der Waals surface area contributed by atoms with E-state index in [1.54, 1.807) is 7.11 Å². The standard InChI is InChI=1S/C21H20O2/c1-23-16-11-12-17-18(13-16)19(14-7-3-2-4-8-14)20(21(17)22)15-9-5-6-10-15/h2-4,7-8,11-13,15H,5-6,9-10H2,1H3. The van der Waals surface area contributed by atoms with Gasteiger partial charge < -0.3 is 4.74 Å². The second kappa shape index (κ2) is 5.69. The first-order chi connectivity index (χ1) is 11.3. The number of rotatable bonds is 3. The van der Waals surface area contributed by atoms with Crippen molar-refractivity contribution in [2.24, 2.45) is 5.92 Å². The molecule has 2 aliphatic carbocycles. The van der Waals surface area contributed by atoms with Crippen molar-refractivity contribution in [1.82, 2.24) is 0 Å². The van der Waals surface area contributed by atoms with Crippen molar-refractivity contribution in [2.45, 2.75) is 25.7 Å². The highest BCUT2D eigenvalue weighted by Gasteiger charge is 2.36. The minimum absolute atomic E-state index is 0.216. The van der Waals surface area contributed by atoms with E-state index in [1.165, 1.54) is 12.8 Å². The molecule has 1 saturated carbocycles. The van der Waals surface area contributed by atoms with E-state index < -0.39 is 0 Å². The molecule has 2 aliphatic rings. The Balaban J connectivity index is 1.95. The molecule has 0 atom stereocenters. The number of ketones is 1. The molecule has 23 heavy (non-hydrogen) atoms. The van der Waals surface area contributed by atoms with Gasteiger partial charge >= 0.3 is 0 Å². The van der Waals surface area contributed by atoms with Crippen LogP contribution in [0.3, 0.4) is 0 Å². The Morgan fingerprint density at radius 1 is 0.957 bits per heavy atom. The van der Waals surface area contributed by atoms with Gasteiger partial charge in [0.25, 0.3) is 0 Å². The van der Waals surface area contributed by atoms with E-state index in [0.717, 1.165) is 46.4 Å². The lowest BCUT2D eigenvalue weighted by molar-refractivity contribution is 0.102. The van der Waals surface area contributed by atoms with E-state index >= 15 is 0 Å². The monoisotopic (exact) mass is 304 g/mol. The molecule has 2 heteroatoms. The van der Waals surface area contributed by atoms with Crippen molar-refractivity contribution in [3.63, 3.8) is 0 Å². The van der Waals surface area contributed by atoms with Crippen LogP contribution < -0.4 is 4.74 Å². The molecule has 2 nitrogen and oxygen atoms in total. The molecule has 0 N–H and O–H groups in total. The van der Waals surface area contributed by atoms with Crippen molar-refractivity contribution in [3.8, 4) is 5.75 Å². The Labute approximate surface area is 136 Å². The molecule has 0 unspecified atom stereocenters. The molecule has 0 spiro atoms. The Morgan fingerprint density at radius 3 is 2.39 bits per heavy atom. The summed E-state index contributed by atoms with van der Waals surface area (Å²) < 4.78 is 5.39. The summed E-state index contributed by atoms with van der Waals surface area (Å²) in [6.45, 7) is 0. The Kier molecular flexibility index (Phi) is 3.53. The molecular formula is C21H20O2. The Bertz CT molecular complexity index is 781. The normalized spacial score (nSPS) is 17.7. The SMILES string of the molecule is COc1ccc2c(c1)C(c1ccccc1)=C(C1CCCC1)C2=O. The van der Waals surface area contributed by atoms with Crippen LogP contribution in [0.25, 0.3) is 5.57 Å². The molecule has 0 aromatic heterocycles. The first kappa shape index (κ1) is 14.3. The smallest absolute Gasteiger partial charge is 0.190 e. The summed E-state index contributed by atoms with van der Waals surface area (Å²) >= 11 is 0. The third-order valence-corrected chi connectivity index (χ3v) is 5.08. The summed E-state index contributed by atoms with van der Waals surface area (Å²) in [5.74, 6) is 1.42. The van der Waals surface area contributed by atoms with Gasteiger partial charge in [-0.25, -0.2) is 0 Å². The number of Topliss-reactive ketones (excluding diaryl/α,β-unsaturated/α-hetero) is 1. The predicted molar refractivity (Wildman–Crippen MR) is 91.7 cm³/mol. The molecule has 0 amide bonds. The summed E-state index contributed by atoms with van der Waals surface area (Å²) in [6, 6.07) is 16.1. The summed E-state index contributed by atoms with van der Waals surface area (Å²) in [4.78, 5) is 13.1. The van der Waals surface area contributed by atoms with Gasteiger partial charge in [0, 0.05) is 11.1 Å². The first-order valence-corrected chi connectivity index (χ1v) is 8.32. The lowest BCUT2D eigenvalue weighted by atomic mass is 9.89. The Morgan fingerprint density at radius 2 is 1.70 bits per heavy atom. The molecule has 0 aliphatic heterocycles. The zero-order valence-electron chi connectivity index (χ0n) is 13.3. The largest absolute Gasteiger partial charge is 0.497 e. The number of fused-ring (bicyclic) bond motifs is 1. The van der Waals surface area contributed by atoms with Crippen LogP contribution in [0.15, 0.2) is 54.1 Å². The highest BCUT2D eigenvalue weighted by molar-refractivity contribution is 6.23. The topological polar surface area (TPSA) is 26.3 Å². The maximum atomic E-state index is 13.1. The van der Waals surface area contributed by atoms with Crippen LogP contribution in [0, 0.1) is 5.92 Å². The van der Waals surface area contributed by atoms with Crippen LogP contribution in [-0.4, -0.2) is 12.9 Å². The van der Waals surface area contributed by atoms with Gasteiger partial charge in [0.05, 0.1) is 7.11 Å². The van der Waals surface area contributed by atoms with Gasteiger partial charge in [0.2, 0.25) is 0 Å². The highest BCUT2D eigenvalue weighted by Crippen LogP contribution is 2.45. The van der Waals surface area contributed by atoms with Crippen LogP contribution in [0.2, 0.25) is 0 Å². The quantitative estimate of drug-likeness (QED) is 0.807. The average molecular weight is 304 g/mol. The van der Waals surface area contributed by atoms with Gasteiger partial charge in [-0.05, 0) is 53.7 Å². The lowest BCUT2D eigenvalue weighted by Gasteiger charge is -2.13. The minimum Gasteiger partial charge on any atom is -0.497 e. The second-order valence-electron chi connectivity index (χ2n) is 6.38. The molecule has 0 radical (unpaired) electrons. The molecule has 0 heterocycles. The van der Waals surface area contributed by atoms with E-state index in [9.17, 15) is 4.79 Å². The fourth-order valence-electron chi connectivity index (χ4n) is 3.98. The predicted octanol–water partition coefficient (Wildman–Crippen LogP) is 4.88. The first-order valence-electron chi connectivity index (χ1n) is 8.32. The van der Waals surface area contributed by atoms with Gasteiger partial charge in [-0.3, -0.25) is 4.79 Å². The van der Waals surface area contributed by atoms with Crippen LogP contribution in [0.4, 0.5) is 0 Å². The van der Waals surface area contributed by atoms with E-state index in [1.807, 2.05) is 36.4 Å². The van der Waals surface area contributed by atoms with Gasteiger partial charge in [-0.1, -0.05) is 43.2 Å². The van der Waals surface area contributed by atoms with Crippen LogP contribution in [0.5, 0.6) is 5.75 Å². The maximum Gasteiger partial charge on any atom is 0.190 e. The van der Waals surface area contributed by atoms with Crippen molar-refractivity contribution >= 4 is 11.4 Å². The number of hydrogen-bond acceptors (Lipinski definition) is 2. The summed E-state index contributed by atoms with van der Waals surface area (Å²) in [5.41, 5.74) is 5.14. The van der Waals surface area contributed by atoms with Crippen molar-refractivity contribution < 1.29 is 9.53 Å². The van der Waals surface area contributed by atoms with E-state index in [-0.39, 0.29) is 5.78 Å². The summed E-state index contributed by atoms with van der Waals surface area (Å²) in [6.07, 6.45) is 4.71. The van der Waals surface area contributed by atoms with Gasteiger partial charge in [0.15, 0.2) is 5.78 Å². The number of benzene rings is 2. The molecular weight excluding hydrogens is 284 g/mol. The zero-order chi connectivity index (χ0) is 15.8. The molecule has 116 valence electrons. The molecule has 0 bridgehead atoms. The van der Waals surface area contributed by atoms with Gasteiger partial charge in [-0.15, -0.1) is 0 Å². The number of methoxy groups -OCH3 is 1. The summed E-state index contributed by atoms with van der Waals surface area (Å²) in [5, 5.41) is 0. The molecule has 2 aromatic rings. The molecule has 0 saturated heterocycles.